The molecule has 2 bridgehead atoms. The van der Waals surface area contributed by atoms with Crippen molar-refractivity contribution in [2.45, 2.75) is 37.8 Å². The van der Waals surface area contributed by atoms with Crippen LogP contribution in [0.3, 0.4) is 0 Å². The van der Waals surface area contributed by atoms with Crippen LogP contribution in [0.4, 0.5) is 5.82 Å². The first kappa shape index (κ1) is 17.2. The van der Waals surface area contributed by atoms with Crippen molar-refractivity contribution in [3.8, 4) is 17.0 Å². The van der Waals surface area contributed by atoms with Gasteiger partial charge in [0, 0.05) is 37.3 Å². The molecule has 2 atom stereocenters. The number of fused-ring (bicyclic) bond motifs is 3. The molecule has 4 heterocycles. The van der Waals surface area contributed by atoms with Crippen molar-refractivity contribution >= 4 is 16.9 Å². The molecule has 8 nitrogen and oxygen atoms in total. The molecule has 1 aromatic carbocycles. The molecule has 8 heteroatoms. The number of aromatic nitrogens is 3. The lowest BCUT2D eigenvalue weighted by Crippen LogP contribution is -2.40. The standard InChI is InChI=1S/C20H23N5O3/c1-25-16-9-17(26)14(8-18(16)28-20(25)27)15-4-5-19(24-23-15)21-10-11-6-12-2-3-13(7-11)22-12/h4-5,8-9,11-13,22,26H,2-3,6-7,10H2,1H3,(H,21,24). The molecule has 0 radical (unpaired) electrons. The number of hydrogen-bond donors (Lipinski definition) is 3. The normalized spacial score (nSPS) is 24.0. The van der Waals surface area contributed by atoms with E-state index in [1.54, 1.807) is 13.1 Å². The maximum Gasteiger partial charge on any atom is 0.419 e. The second kappa shape index (κ2) is 6.63. The van der Waals surface area contributed by atoms with Gasteiger partial charge in [-0.15, -0.1) is 10.2 Å². The zero-order valence-electron chi connectivity index (χ0n) is 15.7. The number of aryl methyl sites for hydroxylation is 1. The number of rotatable bonds is 4. The molecular weight excluding hydrogens is 358 g/mol. The molecule has 3 aromatic rings. The fourth-order valence-electron chi connectivity index (χ4n) is 4.53. The number of benzene rings is 1. The van der Waals surface area contributed by atoms with Gasteiger partial charge in [0.05, 0.1) is 11.2 Å². The van der Waals surface area contributed by atoms with E-state index in [2.05, 4.69) is 20.8 Å². The molecule has 2 aliphatic rings. The SMILES string of the molecule is Cn1c(=O)oc2cc(-c3ccc(NCC4CC5CCC(C4)N5)nn3)c(O)cc21. The highest BCUT2D eigenvalue weighted by atomic mass is 16.4. The van der Waals surface area contributed by atoms with E-state index in [4.69, 9.17) is 4.42 Å². The summed E-state index contributed by atoms with van der Waals surface area (Å²) in [5.74, 6) is 0.946. The van der Waals surface area contributed by atoms with Crippen molar-refractivity contribution in [1.29, 1.82) is 0 Å². The number of anilines is 1. The maximum atomic E-state index is 11.7. The van der Waals surface area contributed by atoms with Crippen molar-refractivity contribution < 1.29 is 9.52 Å². The molecular formula is C20H23N5O3. The second-order valence-electron chi connectivity index (χ2n) is 7.92. The minimum Gasteiger partial charge on any atom is -0.507 e. The van der Waals surface area contributed by atoms with Crippen LogP contribution in [0.25, 0.3) is 22.4 Å². The predicted molar refractivity (Wildman–Crippen MR) is 105 cm³/mol. The van der Waals surface area contributed by atoms with Gasteiger partial charge in [0.1, 0.15) is 11.6 Å². The van der Waals surface area contributed by atoms with Crippen molar-refractivity contribution in [2.75, 3.05) is 11.9 Å². The molecule has 0 amide bonds. The Morgan fingerprint density at radius 3 is 2.75 bits per heavy atom. The zero-order chi connectivity index (χ0) is 19.3. The summed E-state index contributed by atoms with van der Waals surface area (Å²) in [4.78, 5) is 11.7. The van der Waals surface area contributed by atoms with Crippen molar-refractivity contribution in [2.24, 2.45) is 13.0 Å². The van der Waals surface area contributed by atoms with Crippen LogP contribution < -0.4 is 16.4 Å². The zero-order valence-corrected chi connectivity index (χ0v) is 15.7. The minimum atomic E-state index is -0.469. The van der Waals surface area contributed by atoms with Crippen LogP contribution in [0.5, 0.6) is 5.75 Å². The number of phenolic OH excluding ortho intramolecular Hbond substituents is 1. The van der Waals surface area contributed by atoms with E-state index < -0.39 is 5.76 Å². The maximum absolute atomic E-state index is 11.7. The number of nitrogens with one attached hydrogen (secondary N) is 2. The Morgan fingerprint density at radius 2 is 2.04 bits per heavy atom. The molecule has 28 heavy (non-hydrogen) atoms. The molecule has 146 valence electrons. The first-order chi connectivity index (χ1) is 13.6. The van der Waals surface area contributed by atoms with Crippen molar-refractivity contribution in [3.63, 3.8) is 0 Å². The molecule has 0 spiro atoms. The summed E-state index contributed by atoms with van der Waals surface area (Å²) < 4.78 is 6.55. The number of piperidine rings is 1. The fourth-order valence-corrected chi connectivity index (χ4v) is 4.53. The summed E-state index contributed by atoms with van der Waals surface area (Å²) in [5, 5.41) is 25.9. The average molecular weight is 381 g/mol. The Labute approximate surface area is 161 Å². The number of hydrogen-bond acceptors (Lipinski definition) is 7. The van der Waals surface area contributed by atoms with Gasteiger partial charge in [-0.1, -0.05) is 0 Å². The monoisotopic (exact) mass is 381 g/mol. The van der Waals surface area contributed by atoms with E-state index >= 15 is 0 Å². The third-order valence-electron chi connectivity index (χ3n) is 5.99. The largest absolute Gasteiger partial charge is 0.507 e. The molecule has 2 aromatic heterocycles. The number of phenols is 1. The molecule has 0 saturated carbocycles. The van der Waals surface area contributed by atoms with Gasteiger partial charge in [-0.05, 0) is 49.8 Å². The molecule has 3 N–H and O–H groups in total. The highest BCUT2D eigenvalue weighted by molar-refractivity contribution is 5.83. The Balaban J connectivity index is 1.31. The summed E-state index contributed by atoms with van der Waals surface area (Å²) in [6.07, 6.45) is 5.02. The van der Waals surface area contributed by atoms with Crippen LogP contribution >= 0.6 is 0 Å². The van der Waals surface area contributed by atoms with Gasteiger partial charge in [0.2, 0.25) is 0 Å². The third-order valence-corrected chi connectivity index (χ3v) is 5.99. The van der Waals surface area contributed by atoms with Gasteiger partial charge >= 0.3 is 5.76 Å². The van der Waals surface area contributed by atoms with Gasteiger partial charge in [-0.25, -0.2) is 4.79 Å². The van der Waals surface area contributed by atoms with Crippen LogP contribution in [0, 0.1) is 5.92 Å². The lowest BCUT2D eigenvalue weighted by atomic mass is 9.92. The number of oxazole rings is 1. The first-order valence-electron chi connectivity index (χ1n) is 9.73. The van der Waals surface area contributed by atoms with Gasteiger partial charge in [0.15, 0.2) is 5.58 Å². The van der Waals surface area contributed by atoms with E-state index in [9.17, 15) is 9.90 Å². The van der Waals surface area contributed by atoms with Crippen LogP contribution in [0.1, 0.15) is 25.7 Å². The van der Waals surface area contributed by atoms with Crippen LogP contribution in [-0.4, -0.2) is 38.5 Å². The fraction of sp³-hybridized carbons (Fsp3) is 0.450. The highest BCUT2D eigenvalue weighted by Crippen LogP contribution is 2.33. The average Bonchev–Trinajstić information content (AvgIpc) is 3.18. The van der Waals surface area contributed by atoms with Crippen LogP contribution in [-0.2, 0) is 7.05 Å². The predicted octanol–water partition coefficient (Wildman–Crippen LogP) is 2.24. The van der Waals surface area contributed by atoms with E-state index in [1.807, 2.05) is 12.1 Å². The van der Waals surface area contributed by atoms with E-state index in [-0.39, 0.29) is 5.75 Å². The van der Waals surface area contributed by atoms with Crippen LogP contribution in [0.15, 0.2) is 33.5 Å². The summed E-state index contributed by atoms with van der Waals surface area (Å²) in [6.45, 7) is 0.898. The first-order valence-corrected chi connectivity index (χ1v) is 9.73. The van der Waals surface area contributed by atoms with E-state index in [0.717, 1.165) is 12.4 Å². The Morgan fingerprint density at radius 1 is 1.25 bits per heavy atom. The quantitative estimate of drug-likeness (QED) is 0.636. The minimum absolute atomic E-state index is 0.0316. The van der Waals surface area contributed by atoms with E-state index in [0.29, 0.717) is 40.4 Å². The lowest BCUT2D eigenvalue weighted by Gasteiger charge is -2.29. The summed E-state index contributed by atoms with van der Waals surface area (Å²) in [7, 11) is 1.60. The van der Waals surface area contributed by atoms with Crippen molar-refractivity contribution in [1.82, 2.24) is 20.1 Å². The van der Waals surface area contributed by atoms with Gasteiger partial charge in [-0.3, -0.25) is 4.57 Å². The van der Waals surface area contributed by atoms with E-state index in [1.165, 1.54) is 36.3 Å². The molecule has 2 aliphatic heterocycles. The van der Waals surface area contributed by atoms with Gasteiger partial charge < -0.3 is 20.2 Å². The topological polar surface area (TPSA) is 105 Å². The van der Waals surface area contributed by atoms with Crippen LogP contribution in [0.2, 0.25) is 0 Å². The molecule has 0 aliphatic carbocycles. The molecule has 5 rings (SSSR count). The number of aromatic hydroxyl groups is 1. The summed E-state index contributed by atoms with van der Waals surface area (Å²) in [5.41, 5.74) is 1.95. The third kappa shape index (κ3) is 3.03. The number of nitrogens with zero attached hydrogens (tertiary/aromatic N) is 3. The van der Waals surface area contributed by atoms with Gasteiger partial charge in [0.25, 0.3) is 0 Å². The lowest BCUT2D eigenvalue weighted by molar-refractivity contribution is 0.311. The molecule has 2 fully saturated rings. The summed E-state index contributed by atoms with van der Waals surface area (Å²) >= 11 is 0. The molecule has 2 saturated heterocycles. The highest BCUT2D eigenvalue weighted by Gasteiger charge is 2.33. The Bertz CT molecular complexity index is 1060. The van der Waals surface area contributed by atoms with Crippen molar-refractivity contribution in [3.05, 3.63) is 34.8 Å². The smallest absolute Gasteiger partial charge is 0.419 e. The molecule has 2 unspecified atom stereocenters. The Kier molecular flexibility index (Phi) is 4.08. The van der Waals surface area contributed by atoms with Gasteiger partial charge in [-0.2, -0.15) is 0 Å². The second-order valence-corrected chi connectivity index (χ2v) is 7.92. The summed E-state index contributed by atoms with van der Waals surface area (Å²) in [6, 6.07) is 8.15. The Hall–Kier alpha value is -2.87.